The molecule has 6 aromatic rings. The number of nitrogens with zero attached hydrogens (tertiary/aromatic N) is 6. The van der Waals surface area contributed by atoms with Gasteiger partial charge in [-0.1, -0.05) is 35.9 Å². The fourth-order valence-electron chi connectivity index (χ4n) is 7.44. The molecule has 5 heterocycles. The summed E-state index contributed by atoms with van der Waals surface area (Å²) >= 11 is 7.12. The van der Waals surface area contributed by atoms with Gasteiger partial charge in [0.2, 0.25) is 5.89 Å². The smallest absolute Gasteiger partial charge is 0.307 e. The highest BCUT2D eigenvalue weighted by atomic mass is 35.5. The molecule has 0 bridgehead atoms. The first kappa shape index (κ1) is 33.7. The maximum Gasteiger partial charge on any atom is 0.307 e. The number of oxazole rings is 1. The van der Waals surface area contributed by atoms with Gasteiger partial charge < -0.3 is 19.9 Å². The predicted molar refractivity (Wildman–Crippen MR) is 199 cm³/mol. The number of rotatable bonds is 9. The number of aliphatic hydroxyl groups excluding tert-OH is 1. The molecule has 0 radical (unpaired) electrons. The fourth-order valence-corrected chi connectivity index (χ4v) is 7.71. The van der Waals surface area contributed by atoms with Crippen LogP contribution in [0.2, 0.25) is 5.02 Å². The van der Waals surface area contributed by atoms with E-state index in [9.17, 15) is 20.3 Å². The molecule has 2 aliphatic rings. The molecule has 2 fully saturated rings. The number of aliphatic carboxylic acids is 1. The number of nitriles is 1. The van der Waals surface area contributed by atoms with Crippen LogP contribution in [-0.2, 0) is 17.9 Å². The molecule has 12 heteroatoms. The summed E-state index contributed by atoms with van der Waals surface area (Å²) in [7, 11) is 0. The van der Waals surface area contributed by atoms with Crippen LogP contribution in [0.5, 0.6) is 0 Å². The van der Waals surface area contributed by atoms with Crippen molar-refractivity contribution in [2.24, 2.45) is 5.92 Å². The number of benzene rings is 3. The van der Waals surface area contributed by atoms with Gasteiger partial charge in [0, 0.05) is 61.6 Å². The number of carboxylic acids is 1. The highest BCUT2D eigenvalue weighted by Gasteiger charge is 2.28. The maximum atomic E-state index is 11.5. The minimum absolute atomic E-state index is 0.267. The summed E-state index contributed by atoms with van der Waals surface area (Å²) in [5.74, 6) is -0.161. The number of hydrogen-bond donors (Lipinski definition) is 3. The number of pyridine rings is 2. The third-order valence-electron chi connectivity index (χ3n) is 10.1. The first-order valence-electron chi connectivity index (χ1n) is 17.3. The largest absolute Gasteiger partial charge is 0.481 e. The average molecular weight is 714 g/mol. The molecule has 3 aromatic heterocycles. The molecule has 52 heavy (non-hydrogen) atoms. The first-order valence-corrected chi connectivity index (χ1v) is 17.7. The van der Waals surface area contributed by atoms with Gasteiger partial charge in [0.05, 0.1) is 28.3 Å². The van der Waals surface area contributed by atoms with Gasteiger partial charge in [0.25, 0.3) is 0 Å². The maximum absolute atomic E-state index is 11.5. The first-order chi connectivity index (χ1) is 25.2. The van der Waals surface area contributed by atoms with Crippen LogP contribution in [0.15, 0.2) is 77.5 Å². The Hall–Kier alpha value is -5.38. The lowest BCUT2D eigenvalue weighted by atomic mass is 9.96. The van der Waals surface area contributed by atoms with Crippen molar-refractivity contribution in [3.63, 3.8) is 0 Å². The van der Waals surface area contributed by atoms with E-state index in [4.69, 9.17) is 26.0 Å². The Balaban J connectivity index is 1.07. The molecule has 0 saturated carbocycles. The molecule has 262 valence electrons. The molecule has 0 unspecified atom stereocenters. The van der Waals surface area contributed by atoms with Gasteiger partial charge in [-0.3, -0.25) is 19.6 Å². The molecule has 3 aromatic carbocycles. The molecule has 2 atom stereocenters. The summed E-state index contributed by atoms with van der Waals surface area (Å²) < 4.78 is 6.25. The van der Waals surface area contributed by atoms with E-state index in [0.717, 1.165) is 63.8 Å². The summed E-state index contributed by atoms with van der Waals surface area (Å²) in [6.45, 7) is 5.97. The zero-order chi connectivity index (χ0) is 35.9. The number of hydrogen-bond acceptors (Lipinski definition) is 10. The Kier molecular flexibility index (Phi) is 9.07. The summed E-state index contributed by atoms with van der Waals surface area (Å²) in [5, 5.41) is 34.2. The van der Waals surface area contributed by atoms with E-state index in [1.54, 1.807) is 12.3 Å². The van der Waals surface area contributed by atoms with Crippen LogP contribution in [-0.4, -0.2) is 73.2 Å². The number of anilines is 2. The zero-order valence-corrected chi connectivity index (χ0v) is 29.3. The molecule has 3 N–H and O–H groups in total. The predicted octanol–water partition coefficient (Wildman–Crippen LogP) is 7.16. The van der Waals surface area contributed by atoms with Gasteiger partial charge in [-0.25, -0.2) is 9.97 Å². The average Bonchev–Trinajstić information content (AvgIpc) is 3.89. The van der Waals surface area contributed by atoms with Gasteiger partial charge in [0.15, 0.2) is 11.4 Å². The van der Waals surface area contributed by atoms with Crippen molar-refractivity contribution in [2.75, 3.05) is 31.5 Å². The number of fused-ring (bicyclic) bond motifs is 2. The third kappa shape index (κ3) is 6.58. The van der Waals surface area contributed by atoms with E-state index in [-0.39, 0.29) is 12.0 Å². The van der Waals surface area contributed by atoms with Crippen molar-refractivity contribution in [1.29, 1.82) is 5.26 Å². The van der Waals surface area contributed by atoms with Gasteiger partial charge in [-0.15, -0.1) is 0 Å². The molecule has 2 saturated heterocycles. The minimum atomic E-state index is -0.775. The van der Waals surface area contributed by atoms with Gasteiger partial charge >= 0.3 is 5.97 Å². The molecule has 0 spiro atoms. The van der Waals surface area contributed by atoms with Crippen LogP contribution in [0.4, 0.5) is 11.5 Å². The van der Waals surface area contributed by atoms with Crippen molar-refractivity contribution < 1.29 is 19.4 Å². The van der Waals surface area contributed by atoms with Crippen molar-refractivity contribution in [3.05, 3.63) is 100 Å². The SMILES string of the molecule is Cc1c(-c2nc3cc(CN4CC[C@H](C(=O)O)C4)cc(C#N)c3o2)cccc1-c1cccc(Nc2nccc3cc(CN4CC[C@@H](O)C4)cnc23)c1Cl. The van der Waals surface area contributed by atoms with Crippen LogP contribution in [0.25, 0.3) is 44.6 Å². The molecular formula is C40H36ClN7O4. The lowest BCUT2D eigenvalue weighted by molar-refractivity contribution is -0.141. The second-order valence-corrected chi connectivity index (χ2v) is 14.1. The number of carbonyl (C=O) groups is 1. The van der Waals surface area contributed by atoms with E-state index in [1.165, 1.54) is 0 Å². The Morgan fingerprint density at radius 2 is 1.77 bits per heavy atom. The Labute approximate surface area is 305 Å². The van der Waals surface area contributed by atoms with E-state index >= 15 is 0 Å². The van der Waals surface area contributed by atoms with Crippen LogP contribution < -0.4 is 5.32 Å². The van der Waals surface area contributed by atoms with Crippen molar-refractivity contribution in [1.82, 2.24) is 24.8 Å². The van der Waals surface area contributed by atoms with Crippen molar-refractivity contribution >= 4 is 51.1 Å². The second kappa shape index (κ2) is 14.0. The normalized spacial score (nSPS) is 18.0. The van der Waals surface area contributed by atoms with Crippen molar-refractivity contribution in [3.8, 4) is 28.7 Å². The van der Waals surface area contributed by atoms with E-state index in [2.05, 4.69) is 32.2 Å². The highest BCUT2D eigenvalue weighted by Crippen LogP contribution is 2.40. The standard InChI is InChI=1S/C40H36ClN7O4/c1-23-30(4-2-5-31(23)39-46-34-16-24(14-28(17-42)37(34)52-39)19-47-12-9-27(21-47)40(50)51)32-6-3-7-33(35(32)41)45-38-36-26(8-11-43-38)15-25(18-44-36)20-48-13-10-29(49)22-48/h2-8,11,14-16,18,27,29,49H,9-10,12-13,19-22H2,1H3,(H,43,45)(H,50,51)/t27-,29+/m0/s1. The third-order valence-corrected chi connectivity index (χ3v) is 10.5. The summed E-state index contributed by atoms with van der Waals surface area (Å²) in [6, 6.07) is 21.7. The number of aromatic nitrogens is 3. The number of carboxylic acid groups (broad SMARTS) is 1. The van der Waals surface area contributed by atoms with Crippen LogP contribution >= 0.6 is 11.6 Å². The van der Waals surface area contributed by atoms with Crippen LogP contribution in [0.3, 0.4) is 0 Å². The molecule has 8 rings (SSSR count). The lowest BCUT2D eigenvalue weighted by Crippen LogP contribution is -2.22. The van der Waals surface area contributed by atoms with Crippen LogP contribution in [0.1, 0.15) is 35.1 Å². The second-order valence-electron chi connectivity index (χ2n) is 13.7. The number of halogens is 1. The molecular weight excluding hydrogens is 678 g/mol. The summed E-state index contributed by atoms with van der Waals surface area (Å²) in [5.41, 5.74) is 8.15. The number of aliphatic hydroxyl groups is 1. The van der Waals surface area contributed by atoms with Crippen molar-refractivity contribution in [2.45, 2.75) is 39.0 Å². The summed E-state index contributed by atoms with van der Waals surface area (Å²) in [6.07, 6.45) is 4.76. The summed E-state index contributed by atoms with van der Waals surface area (Å²) in [4.78, 5) is 30.0. The lowest BCUT2D eigenvalue weighted by Gasteiger charge is -2.16. The van der Waals surface area contributed by atoms with Gasteiger partial charge in [-0.2, -0.15) is 5.26 Å². The Morgan fingerprint density at radius 1 is 1.00 bits per heavy atom. The molecule has 0 amide bonds. The van der Waals surface area contributed by atoms with Gasteiger partial charge in [-0.05, 0) is 85.0 Å². The minimum Gasteiger partial charge on any atom is -0.481 e. The Bertz CT molecular complexity index is 2390. The topological polar surface area (TPSA) is 152 Å². The van der Waals surface area contributed by atoms with Crippen LogP contribution in [0, 0.1) is 24.2 Å². The number of nitrogens with one attached hydrogen (secondary N) is 1. The molecule has 11 nitrogen and oxygen atoms in total. The van der Waals surface area contributed by atoms with Gasteiger partial charge in [0.1, 0.15) is 17.1 Å². The highest BCUT2D eigenvalue weighted by molar-refractivity contribution is 6.36. The molecule has 0 aliphatic carbocycles. The quantitative estimate of drug-likeness (QED) is 0.140. The number of likely N-dealkylation sites (tertiary alicyclic amines) is 2. The molecule has 2 aliphatic heterocycles. The van der Waals surface area contributed by atoms with E-state index in [1.807, 2.05) is 61.7 Å². The van der Waals surface area contributed by atoms with E-state index in [0.29, 0.717) is 71.7 Å². The zero-order valence-electron chi connectivity index (χ0n) is 28.5. The monoisotopic (exact) mass is 713 g/mol. The Morgan fingerprint density at radius 3 is 2.56 bits per heavy atom. The van der Waals surface area contributed by atoms with E-state index < -0.39 is 5.97 Å². The number of β-amino-alcohol motifs (C(OH)–C–C–N with tert-alkyl or cyclic N) is 1. The fraction of sp³-hybridized carbons (Fsp3) is 0.275.